The lowest BCUT2D eigenvalue weighted by Gasteiger charge is -2.31. The predicted octanol–water partition coefficient (Wildman–Crippen LogP) is 6.60. The van der Waals surface area contributed by atoms with Crippen molar-refractivity contribution >= 4 is 22.7 Å². The Morgan fingerprint density at radius 3 is 2.43 bits per heavy atom. The van der Waals surface area contributed by atoms with Gasteiger partial charge in [-0.1, -0.05) is 6.07 Å². The van der Waals surface area contributed by atoms with Crippen LogP contribution in [0.1, 0.15) is 29.7 Å². The molecule has 0 saturated heterocycles. The summed E-state index contributed by atoms with van der Waals surface area (Å²) in [5.41, 5.74) is 1.58. The second kappa shape index (κ2) is 10.3. The van der Waals surface area contributed by atoms with Crippen LogP contribution in [-0.4, -0.2) is 46.9 Å². The fraction of sp³-hybridized carbons (Fsp3) is 0.233. The van der Waals surface area contributed by atoms with Crippen LogP contribution in [0.5, 0.6) is 17.2 Å². The zero-order valence-electron chi connectivity index (χ0n) is 22.9. The molecule has 4 aromatic rings. The van der Waals surface area contributed by atoms with Crippen LogP contribution < -0.4 is 15.2 Å². The van der Waals surface area contributed by atoms with E-state index in [1.807, 2.05) is 0 Å². The number of hydrogen-bond donors (Lipinski definition) is 1. The SMILES string of the molecule is Cc1cc(C2C3=C(CN=C3c3cccc4[nH]c(=O)oc34)C(=O)N2CC(C)(F)F)c(F)cc1Oc1ccc(OC(F)(F)F)cc1. The maximum Gasteiger partial charge on any atom is 0.573 e. The standard InChI is InChI=1S/C30H21F6N3O5/c1-14-10-18(20(31)11-22(14)42-15-6-8-16(9-7-15)44-30(34,35)36)25-23-19(27(40)39(25)13-29(2,32)33)12-37-24(23)17-4-3-5-21-26(17)43-28(41)38-21/h3-11,25H,12-13H2,1-2H3,(H,38,41). The van der Waals surface area contributed by atoms with Gasteiger partial charge in [0, 0.05) is 35.3 Å². The number of rotatable bonds is 7. The number of carbonyl (C=O) groups excluding carboxylic acids is 1. The van der Waals surface area contributed by atoms with Gasteiger partial charge in [-0.15, -0.1) is 13.2 Å². The molecule has 0 saturated carbocycles. The minimum Gasteiger partial charge on any atom is -0.457 e. The van der Waals surface area contributed by atoms with Crippen molar-refractivity contribution in [3.8, 4) is 17.2 Å². The Morgan fingerprint density at radius 2 is 1.75 bits per heavy atom. The van der Waals surface area contributed by atoms with Gasteiger partial charge in [0.05, 0.1) is 30.4 Å². The summed E-state index contributed by atoms with van der Waals surface area (Å²) >= 11 is 0. The van der Waals surface area contributed by atoms with E-state index < -0.39 is 48.1 Å². The van der Waals surface area contributed by atoms with Gasteiger partial charge < -0.3 is 18.8 Å². The molecule has 0 aliphatic carbocycles. The lowest BCUT2D eigenvalue weighted by molar-refractivity contribution is -0.274. The van der Waals surface area contributed by atoms with E-state index in [0.717, 1.165) is 23.1 Å². The Morgan fingerprint density at radius 1 is 1.05 bits per heavy atom. The maximum atomic E-state index is 15.9. The highest BCUT2D eigenvalue weighted by molar-refractivity contribution is 6.25. The molecule has 14 heteroatoms. The van der Waals surface area contributed by atoms with Crippen LogP contribution in [0.2, 0.25) is 0 Å². The van der Waals surface area contributed by atoms with Crippen LogP contribution in [0.3, 0.4) is 0 Å². The molecule has 3 heterocycles. The molecule has 8 nitrogen and oxygen atoms in total. The number of para-hydroxylation sites is 1. The zero-order valence-corrected chi connectivity index (χ0v) is 22.9. The molecule has 0 fully saturated rings. The quantitative estimate of drug-likeness (QED) is 0.236. The van der Waals surface area contributed by atoms with Crippen molar-refractivity contribution in [1.29, 1.82) is 0 Å². The van der Waals surface area contributed by atoms with E-state index in [2.05, 4.69) is 14.7 Å². The Kier molecular flexibility index (Phi) is 6.82. The summed E-state index contributed by atoms with van der Waals surface area (Å²) < 4.78 is 96.9. The van der Waals surface area contributed by atoms with E-state index in [1.165, 1.54) is 18.2 Å². The molecule has 0 spiro atoms. The maximum absolute atomic E-state index is 15.9. The number of carbonyl (C=O) groups is 1. The number of nitrogens with zero attached hydrogens (tertiary/aromatic N) is 2. The van der Waals surface area contributed by atoms with E-state index >= 15 is 4.39 Å². The highest BCUT2D eigenvalue weighted by atomic mass is 19.4. The third-order valence-corrected chi connectivity index (χ3v) is 7.10. The van der Waals surface area contributed by atoms with Crippen molar-refractivity contribution in [2.75, 3.05) is 13.1 Å². The smallest absolute Gasteiger partial charge is 0.457 e. The molecule has 1 aromatic heterocycles. The van der Waals surface area contributed by atoms with Gasteiger partial charge >= 0.3 is 12.1 Å². The van der Waals surface area contributed by atoms with Crippen molar-refractivity contribution in [2.24, 2.45) is 4.99 Å². The number of hydrogen-bond acceptors (Lipinski definition) is 6. The number of oxazole rings is 1. The van der Waals surface area contributed by atoms with Crippen LogP contribution in [0.15, 0.2) is 79.9 Å². The molecule has 2 aliphatic heterocycles. The number of H-pyrrole nitrogens is 1. The number of aromatic amines is 1. The predicted molar refractivity (Wildman–Crippen MR) is 145 cm³/mol. The Bertz CT molecular complexity index is 1920. The number of aromatic nitrogens is 1. The van der Waals surface area contributed by atoms with Crippen LogP contribution in [-0.2, 0) is 4.79 Å². The molecule has 228 valence electrons. The first-order valence-corrected chi connectivity index (χ1v) is 13.1. The summed E-state index contributed by atoms with van der Waals surface area (Å²) in [6.45, 7) is 1.05. The minimum absolute atomic E-state index is 0.000756. The van der Waals surface area contributed by atoms with Gasteiger partial charge in [0.15, 0.2) is 5.58 Å². The van der Waals surface area contributed by atoms with Gasteiger partial charge in [-0.3, -0.25) is 14.8 Å². The molecule has 2 aliphatic rings. The molecule has 0 radical (unpaired) electrons. The molecule has 44 heavy (non-hydrogen) atoms. The summed E-state index contributed by atoms with van der Waals surface area (Å²) in [7, 11) is 0. The molecule has 1 unspecified atom stereocenters. The van der Waals surface area contributed by atoms with Gasteiger partial charge in [-0.2, -0.15) is 0 Å². The van der Waals surface area contributed by atoms with Crippen molar-refractivity contribution in [3.63, 3.8) is 0 Å². The normalized spacial score (nSPS) is 17.0. The van der Waals surface area contributed by atoms with Crippen molar-refractivity contribution in [3.05, 3.63) is 98.8 Å². The van der Waals surface area contributed by atoms with Gasteiger partial charge in [0.2, 0.25) is 0 Å². The van der Waals surface area contributed by atoms with Crippen LogP contribution >= 0.6 is 0 Å². The second-order valence-corrected chi connectivity index (χ2v) is 10.4. The van der Waals surface area contributed by atoms with E-state index in [1.54, 1.807) is 25.1 Å². The number of aryl methyl sites for hydroxylation is 1. The monoisotopic (exact) mass is 617 g/mol. The zero-order chi connectivity index (χ0) is 31.6. The molecular formula is C30H21F6N3O5. The van der Waals surface area contributed by atoms with E-state index in [-0.39, 0.29) is 46.0 Å². The average Bonchev–Trinajstić information content (AvgIpc) is 3.59. The van der Waals surface area contributed by atoms with E-state index in [0.29, 0.717) is 23.6 Å². The number of nitrogens with one attached hydrogen (secondary N) is 1. The molecule has 6 rings (SSSR count). The lowest BCUT2D eigenvalue weighted by atomic mass is 9.90. The van der Waals surface area contributed by atoms with Crippen molar-refractivity contribution in [1.82, 2.24) is 9.88 Å². The minimum atomic E-state index is -4.88. The molecule has 1 amide bonds. The first kappa shape index (κ1) is 29.1. The summed E-state index contributed by atoms with van der Waals surface area (Å²) in [6, 6.07) is 10.3. The van der Waals surface area contributed by atoms with Gasteiger partial charge in [-0.05, 0) is 55.0 Å². The fourth-order valence-corrected chi connectivity index (χ4v) is 5.41. The van der Waals surface area contributed by atoms with E-state index in [9.17, 15) is 31.5 Å². The first-order chi connectivity index (χ1) is 20.7. The molecular weight excluding hydrogens is 596 g/mol. The summed E-state index contributed by atoms with van der Waals surface area (Å²) in [4.78, 5) is 33.3. The number of aliphatic imine (C=N–C) groups is 1. The third-order valence-electron chi connectivity index (χ3n) is 7.10. The lowest BCUT2D eigenvalue weighted by Crippen LogP contribution is -2.40. The van der Waals surface area contributed by atoms with Crippen LogP contribution in [0, 0.1) is 12.7 Å². The molecule has 1 N–H and O–H groups in total. The van der Waals surface area contributed by atoms with Gasteiger partial charge in [0.25, 0.3) is 11.8 Å². The summed E-state index contributed by atoms with van der Waals surface area (Å²) in [5, 5.41) is 0. The largest absolute Gasteiger partial charge is 0.573 e. The van der Waals surface area contributed by atoms with E-state index in [4.69, 9.17) is 9.15 Å². The Labute approximate surface area is 244 Å². The summed E-state index contributed by atoms with van der Waals surface area (Å²) in [5.74, 6) is -6.08. The van der Waals surface area contributed by atoms with Crippen molar-refractivity contribution < 1.29 is 45.0 Å². The highest BCUT2D eigenvalue weighted by Gasteiger charge is 2.48. The summed E-state index contributed by atoms with van der Waals surface area (Å²) in [6.07, 6.45) is -4.88. The van der Waals surface area contributed by atoms with Gasteiger partial charge in [0.1, 0.15) is 23.1 Å². The number of ether oxygens (including phenoxy) is 2. The van der Waals surface area contributed by atoms with Crippen LogP contribution in [0.25, 0.3) is 11.1 Å². The number of amides is 1. The number of benzene rings is 3. The number of halogens is 6. The fourth-order valence-electron chi connectivity index (χ4n) is 5.41. The highest BCUT2D eigenvalue weighted by Crippen LogP contribution is 2.46. The topological polar surface area (TPSA) is 97.1 Å². The molecule has 3 aromatic carbocycles. The number of fused-ring (bicyclic) bond motifs is 1. The first-order valence-electron chi connectivity index (χ1n) is 13.1. The Balaban J connectivity index is 1.39. The van der Waals surface area contributed by atoms with Crippen LogP contribution in [0.4, 0.5) is 26.3 Å². The van der Waals surface area contributed by atoms with Crippen molar-refractivity contribution in [2.45, 2.75) is 32.2 Å². The average molecular weight is 618 g/mol. The molecule has 1 atom stereocenters. The van der Waals surface area contributed by atoms with Gasteiger partial charge in [-0.25, -0.2) is 18.0 Å². The molecule has 0 bridgehead atoms. The number of alkyl halides is 5. The third kappa shape index (κ3) is 5.42. The Hall–Kier alpha value is -5.01. The second-order valence-electron chi connectivity index (χ2n) is 10.4.